The van der Waals surface area contributed by atoms with Crippen LogP contribution < -0.4 is 5.43 Å². The Morgan fingerprint density at radius 1 is 1.43 bits per heavy atom. The fourth-order valence-corrected chi connectivity index (χ4v) is 1.37. The van der Waals surface area contributed by atoms with Crippen molar-refractivity contribution in [1.29, 1.82) is 0 Å². The SMILES string of the molecule is O=C(N/N=C\C=C\c1ccc([N+](=O)[O-])o1)c1cccnc1. The van der Waals surface area contributed by atoms with Gasteiger partial charge in [-0.25, -0.2) is 5.43 Å². The van der Waals surface area contributed by atoms with Gasteiger partial charge in [-0.15, -0.1) is 0 Å². The van der Waals surface area contributed by atoms with Crippen molar-refractivity contribution >= 4 is 24.1 Å². The van der Waals surface area contributed by atoms with Gasteiger partial charge in [-0.05, 0) is 30.4 Å². The van der Waals surface area contributed by atoms with Crippen LogP contribution in [-0.4, -0.2) is 22.0 Å². The molecule has 0 spiro atoms. The van der Waals surface area contributed by atoms with Crippen LogP contribution in [0.1, 0.15) is 16.1 Å². The Balaban J connectivity index is 1.86. The number of nitro groups is 1. The Bertz CT molecular complexity index is 691. The second-order valence-corrected chi connectivity index (χ2v) is 3.75. The van der Waals surface area contributed by atoms with E-state index in [1.54, 1.807) is 18.3 Å². The van der Waals surface area contributed by atoms with Crippen LogP contribution in [0, 0.1) is 10.1 Å². The van der Waals surface area contributed by atoms with E-state index in [1.165, 1.54) is 36.7 Å². The molecule has 8 nitrogen and oxygen atoms in total. The Morgan fingerprint density at radius 2 is 2.29 bits per heavy atom. The molecule has 106 valence electrons. The van der Waals surface area contributed by atoms with Crippen molar-refractivity contribution in [3.05, 3.63) is 64.2 Å². The zero-order chi connectivity index (χ0) is 15.1. The van der Waals surface area contributed by atoms with Crippen LogP contribution in [0.4, 0.5) is 5.88 Å². The summed E-state index contributed by atoms with van der Waals surface area (Å²) < 4.78 is 4.90. The van der Waals surface area contributed by atoms with Gasteiger partial charge in [-0.3, -0.25) is 19.9 Å². The molecule has 0 unspecified atom stereocenters. The lowest BCUT2D eigenvalue weighted by Crippen LogP contribution is -2.17. The van der Waals surface area contributed by atoms with Crippen molar-refractivity contribution in [2.24, 2.45) is 5.10 Å². The zero-order valence-corrected chi connectivity index (χ0v) is 10.7. The predicted octanol–water partition coefficient (Wildman–Crippen LogP) is 2.01. The molecular weight excluding hydrogens is 276 g/mol. The number of hydrazone groups is 1. The number of hydrogen-bond acceptors (Lipinski definition) is 6. The molecule has 0 bridgehead atoms. The average molecular weight is 286 g/mol. The summed E-state index contributed by atoms with van der Waals surface area (Å²) in [6, 6.07) is 5.95. The number of nitrogens with one attached hydrogen (secondary N) is 1. The summed E-state index contributed by atoms with van der Waals surface area (Å²) in [5.74, 6) is -0.412. The predicted molar refractivity (Wildman–Crippen MR) is 74.6 cm³/mol. The van der Waals surface area contributed by atoms with Gasteiger partial charge in [0.2, 0.25) is 0 Å². The zero-order valence-electron chi connectivity index (χ0n) is 10.7. The normalized spacial score (nSPS) is 11.0. The van der Waals surface area contributed by atoms with Crippen molar-refractivity contribution in [2.45, 2.75) is 0 Å². The van der Waals surface area contributed by atoms with E-state index in [4.69, 9.17) is 4.42 Å². The van der Waals surface area contributed by atoms with Gasteiger partial charge in [0.15, 0.2) is 0 Å². The lowest BCUT2D eigenvalue weighted by molar-refractivity contribution is -0.402. The third-order valence-corrected chi connectivity index (χ3v) is 2.30. The average Bonchev–Trinajstić information content (AvgIpc) is 2.97. The first-order chi connectivity index (χ1) is 10.2. The number of carbonyl (C=O) groups is 1. The first-order valence-corrected chi connectivity index (χ1v) is 5.81. The summed E-state index contributed by atoms with van der Waals surface area (Å²) in [5.41, 5.74) is 2.70. The number of pyridine rings is 1. The number of rotatable bonds is 5. The summed E-state index contributed by atoms with van der Waals surface area (Å²) in [5, 5.41) is 14.1. The maximum Gasteiger partial charge on any atom is 0.433 e. The first-order valence-electron chi connectivity index (χ1n) is 5.81. The maximum absolute atomic E-state index is 11.6. The summed E-state index contributed by atoms with van der Waals surface area (Å²) in [7, 11) is 0. The quantitative estimate of drug-likeness (QED) is 0.513. The van der Waals surface area contributed by atoms with Crippen molar-refractivity contribution in [3.63, 3.8) is 0 Å². The van der Waals surface area contributed by atoms with E-state index in [1.807, 2.05) is 0 Å². The number of aromatic nitrogens is 1. The third kappa shape index (κ3) is 4.10. The molecule has 0 saturated heterocycles. The van der Waals surface area contributed by atoms with Crippen LogP contribution in [0.15, 0.2) is 52.3 Å². The second kappa shape index (κ2) is 6.75. The Labute approximate surface area is 119 Å². The molecule has 2 rings (SSSR count). The molecule has 0 atom stereocenters. The van der Waals surface area contributed by atoms with E-state index < -0.39 is 4.92 Å². The van der Waals surface area contributed by atoms with Crippen LogP contribution in [0.5, 0.6) is 0 Å². The van der Waals surface area contributed by atoms with Crippen molar-refractivity contribution in [2.75, 3.05) is 0 Å². The molecular formula is C13H10N4O4. The van der Waals surface area contributed by atoms with Crippen LogP contribution in [0.25, 0.3) is 6.08 Å². The van der Waals surface area contributed by atoms with Crippen LogP contribution in [0.2, 0.25) is 0 Å². The van der Waals surface area contributed by atoms with Gasteiger partial charge in [0.1, 0.15) is 10.7 Å². The summed E-state index contributed by atoms with van der Waals surface area (Å²) in [6.07, 6.45) is 7.26. The monoisotopic (exact) mass is 286 g/mol. The van der Waals surface area contributed by atoms with Crippen LogP contribution >= 0.6 is 0 Å². The minimum absolute atomic E-state index is 0.312. The Morgan fingerprint density at radius 3 is 2.95 bits per heavy atom. The molecule has 0 aliphatic rings. The second-order valence-electron chi connectivity index (χ2n) is 3.75. The highest BCUT2D eigenvalue weighted by atomic mass is 16.6. The van der Waals surface area contributed by atoms with Crippen molar-refractivity contribution in [3.8, 4) is 0 Å². The molecule has 0 aliphatic heterocycles. The van der Waals surface area contributed by atoms with E-state index in [0.29, 0.717) is 11.3 Å². The smallest absolute Gasteiger partial charge is 0.401 e. The molecule has 2 aromatic heterocycles. The van der Waals surface area contributed by atoms with Gasteiger partial charge in [0.25, 0.3) is 5.91 Å². The number of furan rings is 1. The highest BCUT2D eigenvalue weighted by molar-refractivity contribution is 5.94. The molecule has 1 amide bonds. The molecule has 2 aromatic rings. The molecule has 0 aliphatic carbocycles. The molecule has 0 aromatic carbocycles. The van der Waals surface area contributed by atoms with Crippen LogP contribution in [-0.2, 0) is 0 Å². The fourth-order valence-electron chi connectivity index (χ4n) is 1.37. The number of hydrogen-bond donors (Lipinski definition) is 1. The fraction of sp³-hybridized carbons (Fsp3) is 0. The van der Waals surface area contributed by atoms with Gasteiger partial charge in [0.05, 0.1) is 11.6 Å². The van der Waals surface area contributed by atoms with Gasteiger partial charge in [-0.1, -0.05) is 0 Å². The lowest BCUT2D eigenvalue weighted by atomic mass is 10.3. The third-order valence-electron chi connectivity index (χ3n) is 2.30. The topological polar surface area (TPSA) is 111 Å². The molecule has 0 radical (unpaired) electrons. The molecule has 21 heavy (non-hydrogen) atoms. The summed E-state index contributed by atoms with van der Waals surface area (Å²) >= 11 is 0. The largest absolute Gasteiger partial charge is 0.433 e. The number of allylic oxidation sites excluding steroid dienone is 1. The molecule has 0 fully saturated rings. The van der Waals surface area contributed by atoms with Gasteiger partial charge < -0.3 is 4.42 Å². The van der Waals surface area contributed by atoms with E-state index in [2.05, 4.69) is 15.5 Å². The molecule has 0 saturated carbocycles. The number of amides is 1. The molecule has 1 N–H and O–H groups in total. The van der Waals surface area contributed by atoms with Gasteiger partial charge >= 0.3 is 5.88 Å². The minimum Gasteiger partial charge on any atom is -0.401 e. The Kier molecular flexibility index (Phi) is 4.54. The highest BCUT2D eigenvalue weighted by Crippen LogP contribution is 2.16. The maximum atomic E-state index is 11.6. The Hall–Kier alpha value is -3.29. The molecule has 8 heteroatoms. The number of nitrogens with zero attached hydrogens (tertiary/aromatic N) is 3. The van der Waals surface area contributed by atoms with Crippen LogP contribution in [0.3, 0.4) is 0 Å². The standard InChI is InChI=1S/C13H10N4O4/c18-13(10-3-1-7-14-9-10)16-15-8-2-4-11-5-6-12(21-11)17(19)20/h1-9H,(H,16,18)/b4-2+,15-8-. The van der Waals surface area contributed by atoms with E-state index in [-0.39, 0.29) is 11.8 Å². The van der Waals surface area contributed by atoms with Crippen molar-refractivity contribution in [1.82, 2.24) is 10.4 Å². The van der Waals surface area contributed by atoms with E-state index >= 15 is 0 Å². The van der Waals surface area contributed by atoms with Crippen molar-refractivity contribution < 1.29 is 14.1 Å². The van der Waals surface area contributed by atoms with E-state index in [9.17, 15) is 14.9 Å². The van der Waals surface area contributed by atoms with E-state index in [0.717, 1.165) is 0 Å². The highest BCUT2D eigenvalue weighted by Gasteiger charge is 2.09. The summed E-state index contributed by atoms with van der Waals surface area (Å²) in [6.45, 7) is 0. The number of carbonyl (C=O) groups excluding carboxylic acids is 1. The van der Waals surface area contributed by atoms with Gasteiger partial charge in [-0.2, -0.15) is 5.10 Å². The lowest BCUT2D eigenvalue weighted by Gasteiger charge is -1.96. The van der Waals surface area contributed by atoms with Gasteiger partial charge in [0, 0.05) is 18.6 Å². The first kappa shape index (κ1) is 14.1. The molecule has 2 heterocycles. The summed E-state index contributed by atoms with van der Waals surface area (Å²) in [4.78, 5) is 25.2. The minimum atomic E-state index is -0.625.